The molecule has 32 radical (unpaired) electrons. The van der Waals surface area contributed by atoms with Crippen LogP contribution in [0.3, 0.4) is 0 Å². The zero-order valence-electron chi connectivity index (χ0n) is 60.8. The molecule has 8 aliphatic rings. The average molecular weight is 1330 g/mol. The molecule has 0 heterocycles. The predicted octanol–water partition coefficient (Wildman–Crippen LogP) is 3.48. The number of rotatable bonds is 19. The van der Waals surface area contributed by atoms with Gasteiger partial charge in [0.2, 0.25) is 5.91 Å². The molecule has 0 unspecified atom stereocenters. The molecule has 8 fully saturated rings. The van der Waals surface area contributed by atoms with E-state index in [0.717, 1.165) is 85.1 Å². The summed E-state index contributed by atoms with van der Waals surface area (Å²) in [5, 5.41) is 22.8. The van der Waals surface area contributed by atoms with E-state index in [1.807, 2.05) is 6.92 Å². The van der Waals surface area contributed by atoms with Crippen molar-refractivity contribution < 1.29 is 24.6 Å². The van der Waals surface area contributed by atoms with Crippen LogP contribution in [0.15, 0.2) is 53.0 Å². The number of halogens is 1. The van der Waals surface area contributed by atoms with Crippen molar-refractivity contribution in [3.8, 4) is 0 Å². The molecule has 0 aromatic heterocycles. The molecule has 6 nitrogen and oxygen atoms in total. The van der Waals surface area contributed by atoms with Crippen molar-refractivity contribution >= 4 is 241 Å². The number of hydroxylamine groups is 2. The van der Waals surface area contributed by atoms with Crippen LogP contribution < -0.4 is 0 Å². The van der Waals surface area contributed by atoms with Gasteiger partial charge in [-0.15, -0.1) is 0 Å². The fourth-order valence-electron chi connectivity index (χ4n) is 22.5. The van der Waals surface area contributed by atoms with Crippen LogP contribution in [0, 0.1) is 80.8 Å². The quantitative estimate of drug-likeness (QED) is 0.128. The third-order valence-corrected chi connectivity index (χ3v) is 28.4. The zero-order chi connectivity index (χ0) is 72.4. The first-order valence-corrected chi connectivity index (χ1v) is 37.7. The van der Waals surface area contributed by atoms with Crippen LogP contribution in [0.5, 0.6) is 0 Å². The Kier molecular flexibility index (Phi) is 31.7. The maximum atomic E-state index is 13.6. The molecule has 1 amide bonds. The minimum Gasteiger partial charge on any atom is -0.390 e. The van der Waals surface area contributed by atoms with Crippen LogP contribution in [0.2, 0.25) is 0 Å². The molecule has 0 spiro atoms. The Morgan fingerprint density at radius 1 is 0.449 bits per heavy atom. The third-order valence-electron chi connectivity index (χ3n) is 27.9. The number of aliphatic hydroxyl groups is 2. The van der Waals surface area contributed by atoms with E-state index in [1.165, 1.54) is 93.2 Å². The maximum absolute atomic E-state index is 13.6. The lowest BCUT2D eigenvalue weighted by Crippen LogP contribution is -2.88. The first kappa shape index (κ1) is 86.8. The van der Waals surface area contributed by atoms with Crippen molar-refractivity contribution in [1.82, 2.24) is 5.06 Å². The lowest BCUT2D eigenvalue weighted by atomic mass is 8.31. The van der Waals surface area contributed by atoms with Crippen molar-refractivity contribution in [1.29, 1.82) is 0 Å². The Balaban J connectivity index is 0.000000217. The highest BCUT2D eigenvalue weighted by Gasteiger charge is 2.64. The van der Waals surface area contributed by atoms with Crippen molar-refractivity contribution in [2.45, 2.75) is 202 Å². The fourth-order valence-corrected chi connectivity index (χ4v) is 22.7. The summed E-state index contributed by atoms with van der Waals surface area (Å²) in [6, 6.07) is 16.8. The Hall–Kier alpha value is -0.112. The fraction of sp³-hybridized carbons (Fsp3) is 0.770. The van der Waals surface area contributed by atoms with Crippen LogP contribution >= 0.6 is 15.9 Å². The van der Waals surface area contributed by atoms with Gasteiger partial charge in [0.25, 0.3) is 0 Å². The first-order chi connectivity index (χ1) is 45.2. The third kappa shape index (κ3) is 18.9. The second-order valence-electron chi connectivity index (χ2n) is 33.6. The van der Waals surface area contributed by atoms with Crippen LogP contribution in [0.25, 0.3) is 0 Å². The topological polar surface area (TPSA) is 87.1 Å². The molecule has 8 saturated carbocycles. The maximum Gasteiger partial charge on any atom is 0.249 e. The molecule has 16 atom stereocenters. The highest BCUT2D eigenvalue weighted by Crippen LogP contribution is 2.70. The number of amides is 1. The van der Waals surface area contributed by atoms with Gasteiger partial charge >= 0.3 is 0 Å². The van der Waals surface area contributed by atoms with Crippen LogP contribution in [-0.4, -0.2) is 266 Å². The van der Waals surface area contributed by atoms with Crippen LogP contribution in [-0.2, 0) is 22.5 Å². The number of hydrogen-bond donors (Lipinski definition) is 2. The largest absolute Gasteiger partial charge is 0.390 e. The van der Waals surface area contributed by atoms with Gasteiger partial charge in [0.15, 0.2) is 5.78 Å². The number of aryl methyl sites for hydroxylation is 2. The summed E-state index contributed by atoms with van der Waals surface area (Å²) in [5.41, 5.74) is 3.79. The molecule has 0 aliphatic heterocycles. The second kappa shape index (κ2) is 35.7. The van der Waals surface area contributed by atoms with E-state index in [4.69, 9.17) is 129 Å². The van der Waals surface area contributed by atoms with Gasteiger partial charge in [0.05, 0.1) is 18.3 Å². The molecule has 2 aromatic rings. The molecule has 10 rings (SSSR count). The van der Waals surface area contributed by atoms with Gasteiger partial charge in [-0.2, -0.15) is 0 Å². The van der Waals surface area contributed by atoms with Gasteiger partial charge in [-0.25, -0.2) is 5.06 Å². The number of hydrogen-bond acceptors (Lipinski definition) is 5. The molecule has 2 aromatic carbocycles. The Bertz CT molecular complexity index is 2750. The van der Waals surface area contributed by atoms with Gasteiger partial charge in [0.1, 0.15) is 0 Å². The highest BCUT2D eigenvalue weighted by molar-refractivity contribution is 9.10. The normalized spacial score (nSPS) is 32.8. The van der Waals surface area contributed by atoms with Gasteiger partial charge in [-0.05, 0) is 235 Å². The highest BCUT2D eigenvalue weighted by atomic mass is 79.9. The SMILES string of the molecule is C.CCc1ccc(Br)cc1.CCc1ccc(C(=O)[C@H]2CC[C@H]3[C@@H]4CC[C@H]5C[C@](C)(O)CC[C@]5(C)[C@H]4CC[C@]23C)cc1.CON(C)C(=O)[C@H]1CC[C@H]2[C@@H]3CC[C@H]4C[C@](C)(O)CC[C@]4(C)[C@H]3CC[C@]12C.[B]B([B])B(B([B])[B])B(B(B([B])[B])B([B])[B])B(B(B([B])[B])B([B])[B])B(B([B])[B])B([B])[B]. The lowest BCUT2D eigenvalue weighted by molar-refractivity contribution is -0.182. The van der Waals surface area contributed by atoms with E-state index in [1.54, 1.807) is 14.2 Å². The standard InChI is InChI=1S/C29H42O2.C23H39NO3.C8H9Br.CH4.B30/c1-5-19-6-8-20(9-7-19)26(30)25-13-12-23-22-11-10-21-18-27(2,31)16-17-28(21,3)24(22)14-15-29(23,25)4;1-21(26)12-13-22(2)15(14-21)6-7-16-17-8-9-19(20(25)24(4)27-5)23(17,3)11-10-18(16)22;1-2-7-3-5-8(9)6-4-7;;1-17(2)25(18(3)4)29(26(19(5)6)20(7)8)30(27(21(9)10)22(11)12)28(23(13)14)24(15)16/h6-9,21-25,31H,5,10-18H2,1-4H3;15-19,26H,6-14H2,1-5H3;3-6H,2H2,1H3;1H4;/t21-,22-,23-,24-,25+,27+,28-,29-;15-,16-,17-,18-,19+,21+,22-,23-;;;/m00.../s1. The zero-order valence-corrected chi connectivity index (χ0v) is 62.4. The molecule has 2 N–H and O–H groups in total. The summed E-state index contributed by atoms with van der Waals surface area (Å²) in [6.07, 6.45) is 9.26. The molecule has 470 valence electrons. The number of carbonyl (C=O) groups excluding carboxylic acids is 2. The van der Waals surface area contributed by atoms with Gasteiger partial charge in [-0.1, -0.05) is 101 Å². The predicted molar refractivity (Wildman–Crippen MR) is 454 cm³/mol. The molecule has 37 heteroatoms. The van der Waals surface area contributed by atoms with Crippen LogP contribution in [0.4, 0.5) is 0 Å². The summed E-state index contributed by atoms with van der Waals surface area (Å²) < 4.78 is 1.15. The number of fused-ring (bicyclic) bond motifs is 10. The monoisotopic (exact) mass is 1330 g/mol. The van der Waals surface area contributed by atoms with Crippen molar-refractivity contribution in [3.63, 3.8) is 0 Å². The average Bonchev–Trinajstić information content (AvgIpc) is 1.38. The van der Waals surface area contributed by atoms with Crippen molar-refractivity contribution in [2.75, 3.05) is 14.2 Å². The molecule has 98 heavy (non-hydrogen) atoms. The molecular formula is C61H94B30BrNO5. The Morgan fingerprint density at radius 3 is 1.09 bits per heavy atom. The molecule has 0 saturated heterocycles. The molecule has 8 aliphatic carbocycles. The Morgan fingerprint density at radius 2 is 0.765 bits per heavy atom. The van der Waals surface area contributed by atoms with E-state index in [9.17, 15) is 19.8 Å². The van der Waals surface area contributed by atoms with Gasteiger partial charge < -0.3 is 10.2 Å². The molecule has 0 bridgehead atoms. The van der Waals surface area contributed by atoms with E-state index in [2.05, 4.69) is 113 Å². The number of carbonyl (C=O) groups is 2. The van der Waals surface area contributed by atoms with E-state index in [-0.39, 0.29) is 36.0 Å². The minimum absolute atomic E-state index is 0. The summed E-state index contributed by atoms with van der Waals surface area (Å²) in [6.45, 7) is 18.4. The van der Waals surface area contributed by atoms with Crippen molar-refractivity contribution in [2.24, 2.45) is 80.8 Å². The van der Waals surface area contributed by atoms with Gasteiger partial charge in [-0.3, -0.25) is 14.4 Å². The minimum atomic E-state index is -1.07. The second-order valence-corrected chi connectivity index (χ2v) is 34.5. The van der Waals surface area contributed by atoms with Crippen LogP contribution in [0.1, 0.15) is 200 Å². The number of benzene rings is 2. The Labute approximate surface area is 632 Å². The molecular weight excluding hydrogens is 1230 g/mol. The smallest absolute Gasteiger partial charge is 0.249 e. The summed E-state index contributed by atoms with van der Waals surface area (Å²) in [5.74, 6) is 6.73. The van der Waals surface area contributed by atoms with E-state index >= 15 is 0 Å². The number of nitrogens with zero attached hydrogens (tertiary/aromatic N) is 1. The van der Waals surface area contributed by atoms with E-state index in [0.29, 0.717) is 40.3 Å². The summed E-state index contributed by atoms with van der Waals surface area (Å²) in [4.78, 5) is 31.8. The lowest BCUT2D eigenvalue weighted by Gasteiger charge is -2.61. The summed E-state index contributed by atoms with van der Waals surface area (Å²) in [7, 11) is 99.7. The van der Waals surface area contributed by atoms with Gasteiger partial charge in [0, 0.05) is 242 Å². The summed E-state index contributed by atoms with van der Waals surface area (Å²) >= 11 is 3.37. The number of Topliss-reactive ketones (excluding diaryl/α,β-unsaturated/α-hetero) is 1. The van der Waals surface area contributed by atoms with E-state index < -0.39 is 101 Å². The first-order valence-electron chi connectivity index (χ1n) is 36.9. The number of ketones is 1. The van der Waals surface area contributed by atoms with Crippen molar-refractivity contribution in [3.05, 3.63) is 69.7 Å².